The van der Waals surface area contributed by atoms with Gasteiger partial charge < -0.3 is 14.7 Å². The first kappa shape index (κ1) is 20.1. The van der Waals surface area contributed by atoms with Gasteiger partial charge in [-0.25, -0.2) is 0 Å². The zero-order valence-electron chi connectivity index (χ0n) is 17.1. The number of nitrogens with one attached hydrogen (secondary N) is 2. The second-order valence-electron chi connectivity index (χ2n) is 7.07. The average Bonchev–Trinajstić information content (AvgIpc) is 3.47. The van der Waals surface area contributed by atoms with E-state index in [1.54, 1.807) is 24.9 Å². The first-order chi connectivity index (χ1) is 15.0. The molecule has 156 valence electrons. The fourth-order valence-electron chi connectivity index (χ4n) is 3.15. The van der Waals surface area contributed by atoms with Crippen molar-refractivity contribution in [3.8, 4) is 11.3 Å². The highest BCUT2D eigenvalue weighted by Gasteiger charge is 2.20. The second kappa shape index (κ2) is 8.66. The Bertz CT molecular complexity index is 1200. The van der Waals surface area contributed by atoms with Gasteiger partial charge in [-0.3, -0.25) is 14.7 Å². The molecular weight excluding hydrogens is 394 g/mol. The predicted molar refractivity (Wildman–Crippen MR) is 116 cm³/mol. The number of carbonyl (C=O) groups excluding carboxylic acids is 2. The molecule has 31 heavy (non-hydrogen) atoms. The molecule has 0 saturated heterocycles. The van der Waals surface area contributed by atoms with E-state index in [1.807, 2.05) is 54.6 Å². The molecular formula is C23H21N5O3. The topological polar surface area (TPSA) is 104 Å². The number of aryl methyl sites for hydroxylation is 1. The molecule has 0 aliphatic heterocycles. The van der Waals surface area contributed by atoms with Crippen LogP contribution in [0.3, 0.4) is 0 Å². The Morgan fingerprint density at radius 2 is 1.84 bits per heavy atom. The van der Waals surface area contributed by atoms with Crippen LogP contribution >= 0.6 is 0 Å². The highest BCUT2D eigenvalue weighted by molar-refractivity contribution is 6.09. The number of hydrogen-bond acceptors (Lipinski definition) is 5. The third kappa shape index (κ3) is 4.37. The van der Waals surface area contributed by atoms with Gasteiger partial charge in [-0.05, 0) is 24.6 Å². The Morgan fingerprint density at radius 1 is 1.10 bits per heavy atom. The Kier molecular flexibility index (Phi) is 5.61. The van der Waals surface area contributed by atoms with Crippen molar-refractivity contribution < 1.29 is 14.1 Å². The number of H-pyrrole nitrogens is 1. The zero-order chi connectivity index (χ0) is 21.8. The minimum absolute atomic E-state index is 0.159. The fourth-order valence-corrected chi connectivity index (χ4v) is 3.15. The number of aromatic amines is 1. The lowest BCUT2D eigenvalue weighted by Crippen LogP contribution is -2.26. The van der Waals surface area contributed by atoms with Gasteiger partial charge in [0.05, 0.1) is 23.1 Å². The van der Waals surface area contributed by atoms with Crippen LogP contribution in [0, 0.1) is 6.92 Å². The van der Waals surface area contributed by atoms with Crippen molar-refractivity contribution in [1.29, 1.82) is 0 Å². The van der Waals surface area contributed by atoms with Crippen LogP contribution in [0.4, 0.5) is 5.69 Å². The first-order valence-corrected chi connectivity index (χ1v) is 9.70. The Hall–Kier alpha value is -4.20. The highest BCUT2D eigenvalue weighted by atomic mass is 16.5. The maximum atomic E-state index is 13.0. The molecule has 0 bridgehead atoms. The van der Waals surface area contributed by atoms with Crippen molar-refractivity contribution in [2.24, 2.45) is 0 Å². The van der Waals surface area contributed by atoms with Crippen molar-refractivity contribution in [3.63, 3.8) is 0 Å². The average molecular weight is 415 g/mol. The molecule has 0 saturated carbocycles. The number of para-hydroxylation sites is 1. The number of anilines is 1. The lowest BCUT2D eigenvalue weighted by Gasteiger charge is -2.17. The van der Waals surface area contributed by atoms with E-state index in [2.05, 4.69) is 20.7 Å². The Balaban J connectivity index is 1.46. The van der Waals surface area contributed by atoms with Crippen LogP contribution in [0.2, 0.25) is 0 Å². The van der Waals surface area contributed by atoms with E-state index in [-0.39, 0.29) is 17.6 Å². The number of amides is 2. The number of carbonyl (C=O) groups is 2. The maximum absolute atomic E-state index is 13.0. The lowest BCUT2D eigenvalue weighted by atomic mass is 10.0. The Labute approximate surface area is 178 Å². The van der Waals surface area contributed by atoms with Gasteiger partial charge in [-0.15, -0.1) is 0 Å². The smallest absolute Gasteiger partial charge is 0.290 e. The van der Waals surface area contributed by atoms with Crippen molar-refractivity contribution in [3.05, 3.63) is 89.4 Å². The van der Waals surface area contributed by atoms with E-state index in [4.69, 9.17) is 4.52 Å². The summed E-state index contributed by atoms with van der Waals surface area (Å²) in [6, 6.07) is 18.5. The number of rotatable bonds is 6. The van der Waals surface area contributed by atoms with Crippen LogP contribution in [0.25, 0.3) is 11.3 Å². The minimum atomic E-state index is -0.324. The number of hydrogen-bond donors (Lipinski definition) is 2. The quantitative estimate of drug-likeness (QED) is 0.501. The van der Waals surface area contributed by atoms with Gasteiger partial charge in [0.1, 0.15) is 0 Å². The van der Waals surface area contributed by atoms with Crippen molar-refractivity contribution in [2.45, 2.75) is 13.5 Å². The zero-order valence-corrected chi connectivity index (χ0v) is 17.1. The van der Waals surface area contributed by atoms with Crippen molar-refractivity contribution in [1.82, 2.24) is 20.7 Å². The molecule has 2 heterocycles. The largest absolute Gasteiger partial charge is 0.351 e. The van der Waals surface area contributed by atoms with Gasteiger partial charge in [0, 0.05) is 30.9 Å². The standard InChI is InChI=1S/C23H21N5O3/c1-15-12-20(31-27-15)22(29)24-13-16-8-10-17(11-9-16)21-19(14-25-26-21)23(30)28(2)18-6-4-3-5-7-18/h3-12,14H,13H2,1-2H3,(H,24,29)(H,25,26). The van der Waals surface area contributed by atoms with Gasteiger partial charge in [0.15, 0.2) is 0 Å². The monoisotopic (exact) mass is 415 g/mol. The van der Waals surface area contributed by atoms with Crippen LogP contribution in [-0.2, 0) is 6.54 Å². The summed E-state index contributed by atoms with van der Waals surface area (Å²) in [5.74, 6) is -0.305. The van der Waals surface area contributed by atoms with E-state index in [1.165, 1.54) is 6.20 Å². The van der Waals surface area contributed by atoms with Gasteiger partial charge >= 0.3 is 0 Å². The van der Waals surface area contributed by atoms with E-state index < -0.39 is 0 Å². The molecule has 0 atom stereocenters. The molecule has 0 spiro atoms. The molecule has 4 aromatic rings. The van der Waals surface area contributed by atoms with E-state index in [0.29, 0.717) is 23.5 Å². The van der Waals surface area contributed by atoms with Gasteiger partial charge in [0.2, 0.25) is 5.76 Å². The second-order valence-corrected chi connectivity index (χ2v) is 7.07. The summed E-state index contributed by atoms with van der Waals surface area (Å²) < 4.78 is 4.96. The molecule has 2 aromatic carbocycles. The summed E-state index contributed by atoms with van der Waals surface area (Å²) in [5.41, 5.74) is 4.30. The summed E-state index contributed by atoms with van der Waals surface area (Å²) in [6.45, 7) is 2.09. The Morgan fingerprint density at radius 3 is 2.52 bits per heavy atom. The normalized spacial score (nSPS) is 10.6. The van der Waals surface area contributed by atoms with Crippen LogP contribution in [-0.4, -0.2) is 34.2 Å². The van der Waals surface area contributed by atoms with Gasteiger partial charge in [-0.1, -0.05) is 47.6 Å². The van der Waals surface area contributed by atoms with E-state index in [9.17, 15) is 9.59 Å². The number of benzene rings is 2. The maximum Gasteiger partial charge on any atom is 0.290 e. The third-order valence-electron chi connectivity index (χ3n) is 4.87. The van der Waals surface area contributed by atoms with Crippen LogP contribution in [0.15, 0.2) is 71.4 Å². The minimum Gasteiger partial charge on any atom is -0.351 e. The molecule has 0 aliphatic rings. The summed E-state index contributed by atoms with van der Waals surface area (Å²) in [7, 11) is 1.73. The van der Waals surface area contributed by atoms with Crippen molar-refractivity contribution in [2.75, 3.05) is 11.9 Å². The van der Waals surface area contributed by atoms with Crippen LogP contribution in [0.5, 0.6) is 0 Å². The fraction of sp³-hybridized carbons (Fsp3) is 0.130. The highest BCUT2D eigenvalue weighted by Crippen LogP contribution is 2.24. The molecule has 2 N–H and O–H groups in total. The summed E-state index contributed by atoms with van der Waals surface area (Å²) in [6.07, 6.45) is 1.53. The third-order valence-corrected chi connectivity index (χ3v) is 4.87. The molecule has 8 nitrogen and oxygen atoms in total. The van der Waals surface area contributed by atoms with E-state index in [0.717, 1.165) is 16.8 Å². The molecule has 4 rings (SSSR count). The number of aromatic nitrogens is 3. The summed E-state index contributed by atoms with van der Waals surface area (Å²) in [4.78, 5) is 26.7. The van der Waals surface area contributed by atoms with Gasteiger partial charge in [0.25, 0.3) is 11.8 Å². The van der Waals surface area contributed by atoms with Crippen LogP contribution < -0.4 is 10.2 Å². The van der Waals surface area contributed by atoms with Crippen molar-refractivity contribution >= 4 is 17.5 Å². The van der Waals surface area contributed by atoms with Crippen LogP contribution in [0.1, 0.15) is 32.2 Å². The SMILES string of the molecule is Cc1cc(C(=O)NCc2ccc(-c3[nH]ncc3C(=O)N(C)c3ccccc3)cc2)on1. The van der Waals surface area contributed by atoms with E-state index >= 15 is 0 Å². The molecule has 0 unspecified atom stereocenters. The molecule has 0 aliphatic carbocycles. The summed E-state index contributed by atoms with van der Waals surface area (Å²) in [5, 5.41) is 13.5. The first-order valence-electron chi connectivity index (χ1n) is 9.70. The number of nitrogens with zero attached hydrogens (tertiary/aromatic N) is 3. The molecule has 0 fully saturated rings. The molecule has 2 aromatic heterocycles. The molecule has 2 amide bonds. The predicted octanol–water partition coefficient (Wildman–Crippen LogP) is 3.58. The summed E-state index contributed by atoms with van der Waals surface area (Å²) >= 11 is 0. The van der Waals surface area contributed by atoms with Gasteiger partial charge in [-0.2, -0.15) is 5.10 Å². The lowest BCUT2D eigenvalue weighted by molar-refractivity contribution is 0.0913. The molecule has 0 radical (unpaired) electrons. The molecule has 8 heteroatoms.